The highest BCUT2D eigenvalue weighted by atomic mass is 16.5. The summed E-state index contributed by atoms with van der Waals surface area (Å²) >= 11 is 0. The van der Waals surface area contributed by atoms with Gasteiger partial charge in [0, 0.05) is 0 Å². The lowest BCUT2D eigenvalue weighted by Gasteiger charge is -2.10. The van der Waals surface area contributed by atoms with Gasteiger partial charge in [0.1, 0.15) is 5.75 Å². The van der Waals surface area contributed by atoms with Crippen molar-refractivity contribution in [3.05, 3.63) is 71.8 Å². The van der Waals surface area contributed by atoms with Crippen LogP contribution in [0.25, 0.3) is 10.8 Å². The molecule has 5 nitrogen and oxygen atoms in total. The van der Waals surface area contributed by atoms with Crippen LogP contribution in [0.15, 0.2) is 60.7 Å². The second-order valence-electron chi connectivity index (χ2n) is 5.59. The van der Waals surface area contributed by atoms with Crippen molar-refractivity contribution < 1.29 is 19.4 Å². The third-order valence-corrected chi connectivity index (χ3v) is 3.92. The number of methoxy groups -OCH3 is 1. The number of fused-ring (bicyclic) bond motifs is 1. The maximum Gasteiger partial charge on any atom is 0.337 e. The quantitative estimate of drug-likeness (QED) is 0.565. The van der Waals surface area contributed by atoms with E-state index in [-0.39, 0.29) is 29.3 Å². The fourth-order valence-electron chi connectivity index (χ4n) is 2.70. The molecule has 0 bridgehead atoms. The number of rotatable bonds is 4. The van der Waals surface area contributed by atoms with Gasteiger partial charge in [0.25, 0.3) is 0 Å². The molecule has 0 atom stereocenters. The highest BCUT2D eigenvalue weighted by Crippen LogP contribution is 2.25. The second kappa shape index (κ2) is 7.05. The van der Waals surface area contributed by atoms with Crippen LogP contribution in [0.2, 0.25) is 0 Å². The zero-order valence-corrected chi connectivity index (χ0v) is 13.7. The highest BCUT2D eigenvalue weighted by molar-refractivity contribution is 5.98. The van der Waals surface area contributed by atoms with E-state index in [1.165, 1.54) is 25.3 Å². The first-order chi connectivity index (χ1) is 12.1. The Morgan fingerprint density at radius 1 is 1.04 bits per heavy atom. The number of amides is 1. The smallest absolute Gasteiger partial charge is 0.337 e. The SMILES string of the molecule is COC(=O)c1ccc(NC(=O)Cc2cccc3ccccc23)c(O)c1. The number of ether oxygens (including phenoxy) is 1. The summed E-state index contributed by atoms with van der Waals surface area (Å²) in [5.41, 5.74) is 1.37. The standard InChI is InChI=1S/C20H17NO4/c1-25-20(24)15-9-10-17(18(22)11-15)21-19(23)12-14-7-4-6-13-5-2-3-8-16(13)14/h2-11,22H,12H2,1H3,(H,21,23). The Bertz CT molecular complexity index is 944. The number of carbonyl (C=O) groups is 2. The van der Waals surface area contributed by atoms with Crippen LogP contribution in [0.1, 0.15) is 15.9 Å². The number of esters is 1. The number of hydrogen-bond acceptors (Lipinski definition) is 4. The maximum absolute atomic E-state index is 12.3. The summed E-state index contributed by atoms with van der Waals surface area (Å²) in [7, 11) is 1.26. The zero-order valence-electron chi connectivity index (χ0n) is 13.7. The molecule has 2 N–H and O–H groups in total. The van der Waals surface area contributed by atoms with Gasteiger partial charge < -0.3 is 15.2 Å². The summed E-state index contributed by atoms with van der Waals surface area (Å²) in [5.74, 6) is -0.990. The van der Waals surface area contributed by atoms with E-state index in [2.05, 4.69) is 10.1 Å². The van der Waals surface area contributed by atoms with E-state index in [9.17, 15) is 14.7 Å². The minimum atomic E-state index is -0.552. The van der Waals surface area contributed by atoms with Crippen molar-refractivity contribution in [1.29, 1.82) is 0 Å². The first kappa shape index (κ1) is 16.5. The number of nitrogens with one attached hydrogen (secondary N) is 1. The summed E-state index contributed by atoms with van der Waals surface area (Å²) < 4.78 is 4.59. The number of carbonyl (C=O) groups excluding carboxylic acids is 2. The Morgan fingerprint density at radius 2 is 1.80 bits per heavy atom. The van der Waals surface area contributed by atoms with Crippen molar-refractivity contribution in [2.45, 2.75) is 6.42 Å². The molecule has 25 heavy (non-hydrogen) atoms. The molecule has 0 spiro atoms. The van der Waals surface area contributed by atoms with Crippen LogP contribution in [0, 0.1) is 0 Å². The number of phenols is 1. The van der Waals surface area contributed by atoms with E-state index in [1.807, 2.05) is 42.5 Å². The van der Waals surface area contributed by atoms with Gasteiger partial charge in [-0.25, -0.2) is 4.79 Å². The topological polar surface area (TPSA) is 75.6 Å². The normalized spacial score (nSPS) is 10.4. The summed E-state index contributed by atoms with van der Waals surface area (Å²) in [5, 5.41) is 14.8. The van der Waals surface area contributed by atoms with Crippen LogP contribution >= 0.6 is 0 Å². The van der Waals surface area contributed by atoms with Gasteiger partial charge in [0.15, 0.2) is 0 Å². The average Bonchev–Trinajstić information content (AvgIpc) is 2.63. The number of hydrogen-bond donors (Lipinski definition) is 2. The predicted octanol–water partition coefficient (Wildman–Crippen LogP) is 3.51. The van der Waals surface area contributed by atoms with E-state index in [0.717, 1.165) is 16.3 Å². The zero-order chi connectivity index (χ0) is 17.8. The van der Waals surface area contributed by atoms with Crippen molar-refractivity contribution in [2.24, 2.45) is 0 Å². The fourth-order valence-corrected chi connectivity index (χ4v) is 2.70. The monoisotopic (exact) mass is 335 g/mol. The lowest BCUT2D eigenvalue weighted by atomic mass is 10.0. The Morgan fingerprint density at radius 3 is 2.56 bits per heavy atom. The van der Waals surface area contributed by atoms with Gasteiger partial charge in [-0.05, 0) is 34.5 Å². The predicted molar refractivity (Wildman–Crippen MR) is 95.7 cm³/mol. The molecule has 0 saturated heterocycles. The number of anilines is 1. The van der Waals surface area contributed by atoms with Crippen molar-refractivity contribution in [2.75, 3.05) is 12.4 Å². The maximum atomic E-state index is 12.3. The number of aromatic hydroxyl groups is 1. The van der Waals surface area contributed by atoms with Crippen molar-refractivity contribution in [3.8, 4) is 5.75 Å². The van der Waals surface area contributed by atoms with Gasteiger partial charge in [0.05, 0.1) is 24.8 Å². The van der Waals surface area contributed by atoms with Crippen LogP contribution < -0.4 is 5.32 Å². The summed E-state index contributed by atoms with van der Waals surface area (Å²) in [6.07, 6.45) is 0.180. The molecule has 0 saturated carbocycles. The molecule has 1 amide bonds. The summed E-state index contributed by atoms with van der Waals surface area (Å²) in [6, 6.07) is 17.9. The Labute approximate surface area is 144 Å². The van der Waals surface area contributed by atoms with Crippen molar-refractivity contribution >= 4 is 28.3 Å². The van der Waals surface area contributed by atoms with Crippen LogP contribution in [0.4, 0.5) is 5.69 Å². The molecule has 5 heteroatoms. The molecule has 126 valence electrons. The van der Waals surface area contributed by atoms with Crippen LogP contribution in [0.3, 0.4) is 0 Å². The molecule has 0 unspecified atom stereocenters. The highest BCUT2D eigenvalue weighted by Gasteiger charge is 2.12. The van der Waals surface area contributed by atoms with E-state index in [1.54, 1.807) is 0 Å². The van der Waals surface area contributed by atoms with Crippen LogP contribution in [-0.2, 0) is 16.0 Å². The third kappa shape index (κ3) is 3.61. The van der Waals surface area contributed by atoms with Gasteiger partial charge >= 0.3 is 5.97 Å². The minimum Gasteiger partial charge on any atom is -0.506 e. The van der Waals surface area contributed by atoms with E-state index in [0.29, 0.717) is 0 Å². The van der Waals surface area contributed by atoms with Gasteiger partial charge in [-0.1, -0.05) is 42.5 Å². The lowest BCUT2D eigenvalue weighted by Crippen LogP contribution is -2.15. The molecule has 0 fully saturated rings. The largest absolute Gasteiger partial charge is 0.506 e. The van der Waals surface area contributed by atoms with Gasteiger partial charge in [0.2, 0.25) is 5.91 Å². The Kier molecular flexibility index (Phi) is 4.66. The Hall–Kier alpha value is -3.34. The number of benzene rings is 3. The molecular formula is C20H17NO4. The van der Waals surface area contributed by atoms with Gasteiger partial charge in [-0.3, -0.25) is 4.79 Å². The van der Waals surface area contributed by atoms with Crippen molar-refractivity contribution in [1.82, 2.24) is 0 Å². The number of phenolic OH excluding ortho intramolecular Hbond substituents is 1. The fraction of sp³-hybridized carbons (Fsp3) is 0.100. The first-order valence-electron chi connectivity index (χ1n) is 7.76. The van der Waals surface area contributed by atoms with Gasteiger partial charge in [-0.15, -0.1) is 0 Å². The first-order valence-corrected chi connectivity index (χ1v) is 7.76. The van der Waals surface area contributed by atoms with E-state index in [4.69, 9.17) is 0 Å². The molecule has 0 heterocycles. The molecule has 0 aliphatic heterocycles. The molecule has 0 aliphatic rings. The molecule has 0 aliphatic carbocycles. The van der Waals surface area contributed by atoms with Crippen LogP contribution in [-0.4, -0.2) is 24.1 Å². The second-order valence-corrected chi connectivity index (χ2v) is 5.59. The average molecular weight is 335 g/mol. The molecule has 3 aromatic rings. The van der Waals surface area contributed by atoms with E-state index >= 15 is 0 Å². The molecule has 0 radical (unpaired) electrons. The third-order valence-electron chi connectivity index (χ3n) is 3.92. The molecule has 3 aromatic carbocycles. The summed E-state index contributed by atoms with van der Waals surface area (Å²) in [4.78, 5) is 23.8. The van der Waals surface area contributed by atoms with Crippen LogP contribution in [0.5, 0.6) is 5.75 Å². The minimum absolute atomic E-state index is 0.180. The molecule has 0 aromatic heterocycles. The van der Waals surface area contributed by atoms with Gasteiger partial charge in [-0.2, -0.15) is 0 Å². The lowest BCUT2D eigenvalue weighted by molar-refractivity contribution is -0.115. The molecule has 3 rings (SSSR count). The Balaban J connectivity index is 1.77. The van der Waals surface area contributed by atoms with Crippen molar-refractivity contribution in [3.63, 3.8) is 0 Å². The molecular weight excluding hydrogens is 318 g/mol. The summed E-state index contributed by atoms with van der Waals surface area (Å²) in [6.45, 7) is 0. The van der Waals surface area contributed by atoms with E-state index < -0.39 is 5.97 Å².